The molecular weight excluding hydrogens is 552 g/mol. The van der Waals surface area contributed by atoms with E-state index in [4.69, 9.17) is 0 Å². The maximum Gasteiger partial charge on any atom is 0.274 e. The molecule has 0 aliphatic carbocycles. The van der Waals surface area contributed by atoms with Crippen molar-refractivity contribution in [3.63, 3.8) is 0 Å². The number of rotatable bonds is 9. The Morgan fingerprint density at radius 2 is 1.68 bits per heavy atom. The molecule has 2 amide bonds. The molecule has 1 aliphatic heterocycles. The number of aromatic nitrogens is 1. The van der Waals surface area contributed by atoms with Gasteiger partial charge in [0, 0.05) is 54.4 Å². The van der Waals surface area contributed by atoms with E-state index in [-0.39, 0.29) is 23.5 Å². The van der Waals surface area contributed by atoms with Gasteiger partial charge in [0.15, 0.2) is 0 Å². The largest absolute Gasteiger partial charge is 0.393 e. The van der Waals surface area contributed by atoms with Crippen molar-refractivity contribution in [3.05, 3.63) is 112 Å². The number of piperidine rings is 1. The second-order valence-electron chi connectivity index (χ2n) is 11.5. The smallest absolute Gasteiger partial charge is 0.274 e. The molecule has 3 N–H and O–H groups in total. The molecular formula is C36H40N4O4. The number of unbranched alkanes of at least 4 members (excludes halogenated alkanes) is 1. The molecule has 1 fully saturated rings. The van der Waals surface area contributed by atoms with Gasteiger partial charge in [0.25, 0.3) is 17.4 Å². The topological polar surface area (TPSA) is 104 Å². The second-order valence-corrected chi connectivity index (χ2v) is 11.5. The first-order valence-corrected chi connectivity index (χ1v) is 15.3. The van der Waals surface area contributed by atoms with Crippen LogP contribution in [0.15, 0.2) is 83.8 Å². The van der Waals surface area contributed by atoms with Crippen LogP contribution in [-0.4, -0.2) is 45.6 Å². The molecule has 3 aromatic carbocycles. The van der Waals surface area contributed by atoms with E-state index in [0.29, 0.717) is 54.1 Å². The van der Waals surface area contributed by atoms with E-state index in [0.717, 1.165) is 41.5 Å². The molecule has 8 heteroatoms. The minimum Gasteiger partial charge on any atom is -0.393 e. The van der Waals surface area contributed by atoms with Crippen LogP contribution < -0.4 is 16.2 Å². The maximum absolute atomic E-state index is 13.3. The van der Waals surface area contributed by atoms with Crippen molar-refractivity contribution in [2.75, 3.05) is 23.7 Å². The molecule has 1 aromatic heterocycles. The average molecular weight is 593 g/mol. The first kappa shape index (κ1) is 30.8. The highest BCUT2D eigenvalue weighted by Crippen LogP contribution is 2.30. The van der Waals surface area contributed by atoms with Crippen LogP contribution in [0.25, 0.3) is 11.1 Å². The van der Waals surface area contributed by atoms with Crippen LogP contribution in [0, 0.1) is 6.92 Å². The number of pyridine rings is 1. The minimum absolute atomic E-state index is 0.0618. The van der Waals surface area contributed by atoms with E-state index in [1.807, 2.05) is 55.5 Å². The number of amides is 2. The van der Waals surface area contributed by atoms with Crippen LogP contribution in [0.2, 0.25) is 0 Å². The van der Waals surface area contributed by atoms with E-state index >= 15 is 0 Å². The Morgan fingerprint density at radius 1 is 0.955 bits per heavy atom. The molecule has 4 aromatic rings. The molecule has 8 nitrogen and oxygen atoms in total. The summed E-state index contributed by atoms with van der Waals surface area (Å²) in [6, 6.07) is 22.4. The lowest BCUT2D eigenvalue weighted by Gasteiger charge is -2.29. The molecule has 1 aliphatic rings. The molecule has 0 bridgehead atoms. The molecule has 2 heterocycles. The summed E-state index contributed by atoms with van der Waals surface area (Å²) >= 11 is 0. The summed E-state index contributed by atoms with van der Waals surface area (Å²) in [5.74, 6) is -0.201. The summed E-state index contributed by atoms with van der Waals surface area (Å²) in [7, 11) is 1.71. The minimum atomic E-state index is -0.341. The fourth-order valence-electron chi connectivity index (χ4n) is 5.65. The summed E-state index contributed by atoms with van der Waals surface area (Å²) in [4.78, 5) is 41.1. The van der Waals surface area contributed by atoms with E-state index in [1.165, 1.54) is 4.57 Å². The Morgan fingerprint density at radius 3 is 2.41 bits per heavy atom. The highest BCUT2D eigenvalue weighted by Gasteiger charge is 2.22. The van der Waals surface area contributed by atoms with E-state index < -0.39 is 0 Å². The van der Waals surface area contributed by atoms with Gasteiger partial charge in [-0.15, -0.1) is 0 Å². The van der Waals surface area contributed by atoms with Crippen LogP contribution >= 0.6 is 0 Å². The normalized spacial score (nSPS) is 13.5. The van der Waals surface area contributed by atoms with Crippen molar-refractivity contribution in [2.24, 2.45) is 7.05 Å². The lowest BCUT2D eigenvalue weighted by atomic mass is 9.99. The van der Waals surface area contributed by atoms with E-state index in [1.54, 1.807) is 42.4 Å². The Balaban J connectivity index is 1.36. The first-order chi connectivity index (χ1) is 21.2. The summed E-state index contributed by atoms with van der Waals surface area (Å²) < 4.78 is 1.54. The number of hydrogen-bond acceptors (Lipinski definition) is 5. The van der Waals surface area contributed by atoms with Gasteiger partial charge in [-0.25, -0.2) is 0 Å². The van der Waals surface area contributed by atoms with Crippen molar-refractivity contribution >= 4 is 28.9 Å². The predicted octanol–water partition coefficient (Wildman–Crippen LogP) is 6.30. The van der Waals surface area contributed by atoms with Gasteiger partial charge < -0.3 is 25.2 Å². The summed E-state index contributed by atoms with van der Waals surface area (Å²) in [6.07, 6.45) is 5.57. The molecule has 0 unspecified atom stereocenters. The number of carbonyl (C=O) groups excluding carboxylic acids is 2. The maximum atomic E-state index is 13.3. The van der Waals surface area contributed by atoms with E-state index in [9.17, 15) is 19.5 Å². The average Bonchev–Trinajstić information content (AvgIpc) is 3.03. The summed E-state index contributed by atoms with van der Waals surface area (Å²) in [5.41, 5.74) is 6.51. The van der Waals surface area contributed by atoms with Crippen LogP contribution in [0.4, 0.5) is 17.1 Å². The van der Waals surface area contributed by atoms with Gasteiger partial charge in [-0.2, -0.15) is 0 Å². The lowest BCUT2D eigenvalue weighted by molar-refractivity contribution is 0.0546. The van der Waals surface area contributed by atoms with Crippen molar-refractivity contribution in [2.45, 2.75) is 52.1 Å². The summed E-state index contributed by atoms with van der Waals surface area (Å²) in [6.45, 7) is 5.18. The molecule has 0 spiro atoms. The zero-order valence-electron chi connectivity index (χ0n) is 25.6. The zero-order chi connectivity index (χ0) is 31.2. The highest BCUT2D eigenvalue weighted by molar-refractivity contribution is 6.06. The van der Waals surface area contributed by atoms with Gasteiger partial charge in [-0.1, -0.05) is 43.7 Å². The SMILES string of the molecule is CCCCc1ccccc1C(=O)Nc1cccc(-c2cc(Nc3ccc(C(=O)N4CCC(O)CC4)cc3)c(=O)n(C)c2)c1C. The van der Waals surface area contributed by atoms with Gasteiger partial charge >= 0.3 is 0 Å². The number of carbonyl (C=O) groups is 2. The second kappa shape index (κ2) is 13.7. The van der Waals surface area contributed by atoms with Gasteiger partial charge in [-0.05, 0) is 91.8 Å². The fraction of sp³-hybridized carbons (Fsp3) is 0.306. The van der Waals surface area contributed by atoms with Crippen molar-refractivity contribution in [1.29, 1.82) is 0 Å². The highest BCUT2D eigenvalue weighted by atomic mass is 16.3. The van der Waals surface area contributed by atoms with Gasteiger partial charge in [0.2, 0.25) is 0 Å². The molecule has 0 saturated carbocycles. The molecule has 0 radical (unpaired) electrons. The zero-order valence-corrected chi connectivity index (χ0v) is 25.6. The number of nitrogens with one attached hydrogen (secondary N) is 2. The lowest BCUT2D eigenvalue weighted by Crippen LogP contribution is -2.40. The van der Waals surface area contributed by atoms with Gasteiger partial charge in [-0.3, -0.25) is 14.4 Å². The quantitative estimate of drug-likeness (QED) is 0.212. The monoisotopic (exact) mass is 592 g/mol. The number of aliphatic hydroxyl groups is 1. The predicted molar refractivity (Wildman–Crippen MR) is 176 cm³/mol. The van der Waals surface area contributed by atoms with Crippen molar-refractivity contribution in [3.8, 4) is 11.1 Å². The first-order valence-electron chi connectivity index (χ1n) is 15.3. The van der Waals surface area contributed by atoms with Gasteiger partial charge in [0.05, 0.1) is 6.10 Å². The Hall–Kier alpha value is -4.69. The summed E-state index contributed by atoms with van der Waals surface area (Å²) in [5, 5.41) is 16.1. The number of hydrogen-bond donors (Lipinski definition) is 3. The van der Waals surface area contributed by atoms with Crippen LogP contribution in [0.1, 0.15) is 64.4 Å². The molecule has 0 atom stereocenters. The molecule has 228 valence electrons. The third-order valence-corrected chi connectivity index (χ3v) is 8.30. The number of likely N-dealkylation sites (tertiary alicyclic amines) is 1. The third-order valence-electron chi connectivity index (χ3n) is 8.30. The molecule has 44 heavy (non-hydrogen) atoms. The van der Waals surface area contributed by atoms with Crippen LogP contribution in [-0.2, 0) is 13.5 Å². The fourth-order valence-corrected chi connectivity index (χ4v) is 5.65. The Kier molecular flexibility index (Phi) is 9.60. The van der Waals surface area contributed by atoms with Crippen LogP contribution in [0.3, 0.4) is 0 Å². The van der Waals surface area contributed by atoms with E-state index in [2.05, 4.69) is 17.6 Å². The Bertz CT molecular complexity index is 1700. The third kappa shape index (κ3) is 6.92. The van der Waals surface area contributed by atoms with Gasteiger partial charge in [0.1, 0.15) is 5.69 Å². The Labute approximate surface area is 258 Å². The number of anilines is 3. The number of aryl methyl sites for hydroxylation is 2. The van der Waals surface area contributed by atoms with Crippen LogP contribution in [0.5, 0.6) is 0 Å². The number of aliphatic hydroxyl groups excluding tert-OH is 1. The van der Waals surface area contributed by atoms with Crippen molar-refractivity contribution in [1.82, 2.24) is 9.47 Å². The molecule has 1 saturated heterocycles. The standard InChI is InChI=1S/C36H40N4O4/c1-4-5-9-25-10-6-7-11-31(25)34(42)38-32-13-8-12-30(24(32)2)27-22-33(36(44)39(3)23-27)37-28-16-14-26(15-17-28)35(43)40-20-18-29(41)19-21-40/h6-8,10-17,22-23,29,37,41H,4-5,9,18-21H2,1-3H3,(H,38,42). The number of nitrogens with zero attached hydrogens (tertiary/aromatic N) is 2. The molecule has 5 rings (SSSR count). The number of benzene rings is 3. The van der Waals surface area contributed by atoms with Crippen molar-refractivity contribution < 1.29 is 14.7 Å².